The Morgan fingerprint density at radius 2 is 1.86 bits per heavy atom. The molecule has 7 heteroatoms. The van der Waals surface area contributed by atoms with Crippen LogP contribution >= 0.6 is 0 Å². The molecule has 1 aliphatic rings. The van der Waals surface area contributed by atoms with Crippen molar-refractivity contribution in [2.75, 3.05) is 18.4 Å². The van der Waals surface area contributed by atoms with Crippen molar-refractivity contribution in [2.24, 2.45) is 5.92 Å². The van der Waals surface area contributed by atoms with Gasteiger partial charge in [0.05, 0.1) is 12.2 Å². The second-order valence-electron chi connectivity index (χ2n) is 7.68. The molecule has 1 saturated heterocycles. The van der Waals surface area contributed by atoms with Gasteiger partial charge >= 0.3 is 0 Å². The maximum atomic E-state index is 12.4. The quantitative estimate of drug-likeness (QED) is 0.802. The van der Waals surface area contributed by atoms with Crippen LogP contribution in [0.1, 0.15) is 49.5 Å². The van der Waals surface area contributed by atoms with Crippen LogP contribution in [0.2, 0.25) is 0 Å². The molecule has 2 heterocycles. The van der Waals surface area contributed by atoms with Crippen LogP contribution in [0.25, 0.3) is 0 Å². The number of benzene rings is 1. The van der Waals surface area contributed by atoms with Crippen molar-refractivity contribution in [1.82, 2.24) is 14.7 Å². The molecule has 1 aromatic carbocycles. The van der Waals surface area contributed by atoms with Crippen molar-refractivity contribution in [3.63, 3.8) is 0 Å². The molecule has 2 amide bonds. The highest BCUT2D eigenvalue weighted by Crippen LogP contribution is 2.26. The number of aromatic nitrogens is 2. The predicted octanol–water partition coefficient (Wildman–Crippen LogP) is 2.71. The second-order valence-corrected chi connectivity index (χ2v) is 7.68. The summed E-state index contributed by atoms with van der Waals surface area (Å²) in [7, 11) is 0. The zero-order chi connectivity index (χ0) is 20.1. The fourth-order valence-electron chi connectivity index (χ4n) is 3.57. The number of piperidine rings is 1. The molecule has 0 unspecified atom stereocenters. The number of amides is 2. The molecule has 2 N–H and O–H groups in total. The first-order valence-electron chi connectivity index (χ1n) is 9.82. The molecule has 1 aromatic heterocycles. The summed E-state index contributed by atoms with van der Waals surface area (Å²) in [6, 6.07) is 10.9. The van der Waals surface area contributed by atoms with Gasteiger partial charge in [-0.2, -0.15) is 5.10 Å². The van der Waals surface area contributed by atoms with E-state index in [0.717, 1.165) is 12.8 Å². The van der Waals surface area contributed by atoms with Crippen molar-refractivity contribution in [3.05, 3.63) is 48.2 Å². The Hall–Kier alpha value is -2.67. The van der Waals surface area contributed by atoms with Crippen LogP contribution < -0.4 is 5.32 Å². The first kappa shape index (κ1) is 20.1. The van der Waals surface area contributed by atoms with E-state index in [2.05, 4.69) is 10.4 Å². The first-order valence-corrected chi connectivity index (χ1v) is 9.82. The molecule has 2 aromatic rings. The van der Waals surface area contributed by atoms with Gasteiger partial charge in [-0.15, -0.1) is 0 Å². The standard InChI is InChI=1S/C21H28N4O3/c1-15(2)14-18(26)21(28)24-12-9-17(10-13-24)25-19(8-11-22-25)23-20(27)16-6-4-3-5-7-16/h3-8,11,15,17-18,26H,9-10,12-14H2,1-2H3,(H,23,27)/t18-/m0/s1. The van der Waals surface area contributed by atoms with E-state index in [-0.39, 0.29) is 23.8 Å². The molecule has 1 atom stereocenters. The van der Waals surface area contributed by atoms with E-state index in [9.17, 15) is 14.7 Å². The summed E-state index contributed by atoms with van der Waals surface area (Å²) >= 11 is 0. The Morgan fingerprint density at radius 1 is 1.18 bits per heavy atom. The number of nitrogens with one attached hydrogen (secondary N) is 1. The van der Waals surface area contributed by atoms with E-state index in [1.165, 1.54) is 0 Å². The summed E-state index contributed by atoms with van der Waals surface area (Å²) in [5.41, 5.74) is 0.592. The number of aliphatic hydroxyl groups is 1. The number of carbonyl (C=O) groups is 2. The van der Waals surface area contributed by atoms with Crippen LogP contribution in [-0.2, 0) is 4.79 Å². The minimum Gasteiger partial charge on any atom is -0.383 e. The lowest BCUT2D eigenvalue weighted by Crippen LogP contribution is -2.44. The van der Waals surface area contributed by atoms with Crippen molar-refractivity contribution in [2.45, 2.75) is 45.3 Å². The number of rotatable bonds is 6. The van der Waals surface area contributed by atoms with Gasteiger partial charge in [0.25, 0.3) is 11.8 Å². The molecule has 28 heavy (non-hydrogen) atoms. The minimum absolute atomic E-state index is 0.104. The van der Waals surface area contributed by atoms with Crippen molar-refractivity contribution in [1.29, 1.82) is 0 Å². The van der Waals surface area contributed by atoms with E-state index < -0.39 is 6.10 Å². The lowest BCUT2D eigenvalue weighted by atomic mass is 10.0. The predicted molar refractivity (Wildman–Crippen MR) is 107 cm³/mol. The smallest absolute Gasteiger partial charge is 0.256 e. The average molecular weight is 384 g/mol. The number of likely N-dealkylation sites (tertiary alicyclic amines) is 1. The van der Waals surface area contributed by atoms with Crippen molar-refractivity contribution < 1.29 is 14.7 Å². The Labute approximate surface area is 165 Å². The largest absolute Gasteiger partial charge is 0.383 e. The van der Waals surface area contributed by atoms with Gasteiger partial charge in [-0.1, -0.05) is 32.0 Å². The number of nitrogens with zero attached hydrogens (tertiary/aromatic N) is 3. The highest BCUT2D eigenvalue weighted by molar-refractivity contribution is 6.03. The molecule has 150 valence electrons. The van der Waals surface area contributed by atoms with E-state index in [4.69, 9.17) is 0 Å². The van der Waals surface area contributed by atoms with Gasteiger partial charge in [-0.3, -0.25) is 9.59 Å². The first-order chi connectivity index (χ1) is 13.5. The fraction of sp³-hybridized carbons (Fsp3) is 0.476. The molecule has 1 aliphatic heterocycles. The zero-order valence-corrected chi connectivity index (χ0v) is 16.4. The fourth-order valence-corrected chi connectivity index (χ4v) is 3.57. The maximum Gasteiger partial charge on any atom is 0.256 e. The SMILES string of the molecule is CC(C)C[C@H](O)C(=O)N1CCC(n2nccc2NC(=O)c2ccccc2)CC1. The average Bonchev–Trinajstić information content (AvgIpc) is 3.15. The van der Waals surface area contributed by atoms with Crippen LogP contribution in [0.15, 0.2) is 42.6 Å². The summed E-state index contributed by atoms with van der Waals surface area (Å²) < 4.78 is 1.83. The van der Waals surface area contributed by atoms with Crippen LogP contribution in [0.4, 0.5) is 5.82 Å². The van der Waals surface area contributed by atoms with Gasteiger partial charge in [0, 0.05) is 24.7 Å². The summed E-state index contributed by atoms with van der Waals surface area (Å²) in [4.78, 5) is 26.5. The Morgan fingerprint density at radius 3 is 2.50 bits per heavy atom. The Bertz CT molecular complexity index is 795. The van der Waals surface area contributed by atoms with Crippen LogP contribution in [-0.4, -0.2) is 50.8 Å². The second kappa shape index (κ2) is 9.01. The third-order valence-corrected chi connectivity index (χ3v) is 5.05. The van der Waals surface area contributed by atoms with Crippen LogP contribution in [0.5, 0.6) is 0 Å². The number of hydrogen-bond acceptors (Lipinski definition) is 4. The maximum absolute atomic E-state index is 12.4. The van der Waals surface area contributed by atoms with E-state index in [1.807, 2.05) is 36.7 Å². The lowest BCUT2D eigenvalue weighted by molar-refractivity contribution is -0.142. The monoisotopic (exact) mass is 384 g/mol. The summed E-state index contributed by atoms with van der Waals surface area (Å²) in [6.07, 6.45) is 2.69. The van der Waals surface area contributed by atoms with E-state index in [1.54, 1.807) is 29.3 Å². The Balaban J connectivity index is 1.59. The van der Waals surface area contributed by atoms with Gasteiger partial charge in [0.2, 0.25) is 0 Å². The molecular weight excluding hydrogens is 356 g/mol. The Kier molecular flexibility index (Phi) is 6.46. The van der Waals surface area contributed by atoms with Crippen LogP contribution in [0, 0.1) is 5.92 Å². The molecule has 3 rings (SSSR count). The molecule has 0 aliphatic carbocycles. The van der Waals surface area contributed by atoms with Gasteiger partial charge in [0.1, 0.15) is 11.9 Å². The van der Waals surface area contributed by atoms with E-state index in [0.29, 0.717) is 30.9 Å². The van der Waals surface area contributed by atoms with Crippen molar-refractivity contribution >= 4 is 17.6 Å². The van der Waals surface area contributed by atoms with Gasteiger partial charge in [0.15, 0.2) is 0 Å². The number of aliphatic hydroxyl groups excluding tert-OH is 1. The molecular formula is C21H28N4O3. The molecule has 0 saturated carbocycles. The summed E-state index contributed by atoms with van der Waals surface area (Å²) in [5, 5.41) is 17.4. The topological polar surface area (TPSA) is 87.5 Å². The molecule has 0 bridgehead atoms. The molecule has 0 spiro atoms. The van der Waals surface area contributed by atoms with Crippen molar-refractivity contribution in [3.8, 4) is 0 Å². The van der Waals surface area contributed by atoms with Gasteiger partial charge < -0.3 is 15.3 Å². The molecule has 1 fully saturated rings. The van der Waals surface area contributed by atoms with E-state index >= 15 is 0 Å². The highest BCUT2D eigenvalue weighted by atomic mass is 16.3. The number of hydrogen-bond donors (Lipinski definition) is 2. The lowest BCUT2D eigenvalue weighted by Gasteiger charge is -2.34. The number of carbonyl (C=O) groups excluding carboxylic acids is 2. The molecule has 7 nitrogen and oxygen atoms in total. The van der Waals surface area contributed by atoms with Gasteiger partial charge in [-0.05, 0) is 37.3 Å². The third-order valence-electron chi connectivity index (χ3n) is 5.05. The number of anilines is 1. The zero-order valence-electron chi connectivity index (χ0n) is 16.4. The summed E-state index contributed by atoms with van der Waals surface area (Å²) in [6.45, 7) is 5.13. The normalized spacial score (nSPS) is 16.2. The summed E-state index contributed by atoms with van der Waals surface area (Å²) in [5.74, 6) is 0.562. The minimum atomic E-state index is -0.929. The third kappa shape index (κ3) is 4.78. The highest BCUT2D eigenvalue weighted by Gasteiger charge is 2.29. The van der Waals surface area contributed by atoms with Gasteiger partial charge in [-0.25, -0.2) is 4.68 Å². The van der Waals surface area contributed by atoms with Crippen LogP contribution in [0.3, 0.4) is 0 Å². The molecule has 0 radical (unpaired) electrons.